The van der Waals surface area contributed by atoms with E-state index in [0.29, 0.717) is 0 Å². The van der Waals surface area contributed by atoms with Gasteiger partial charge in [0.25, 0.3) is 0 Å². The Labute approximate surface area is 205 Å². The first-order valence-corrected chi connectivity index (χ1v) is 12.1. The second-order valence-electron chi connectivity index (χ2n) is 9.14. The molecule has 1 unspecified atom stereocenters. The minimum absolute atomic E-state index is 0.0951. The molecule has 0 saturated carbocycles. The lowest BCUT2D eigenvalue weighted by atomic mass is 10.1. The van der Waals surface area contributed by atoms with Crippen LogP contribution in [0.25, 0.3) is 21.8 Å². The van der Waals surface area contributed by atoms with Gasteiger partial charge in [-0.05, 0) is 61.9 Å². The van der Waals surface area contributed by atoms with Gasteiger partial charge in [0.1, 0.15) is 0 Å². The summed E-state index contributed by atoms with van der Waals surface area (Å²) in [5.41, 5.74) is 4.93. The standard InChI is InChI=1S/C28H31N5O2/c1-4-33-26-8-6-5-7-24(26)25-17-21(11-14-27(25)33)30-28(35)29-20-9-12-22(13-10-20)32-16-15-23(18-32)31(3)19(2)34/h5-14,17,23H,4,15-16,18H2,1-3H3,(H2,29,30,35). The predicted molar refractivity (Wildman–Crippen MR) is 143 cm³/mol. The zero-order valence-corrected chi connectivity index (χ0v) is 20.4. The summed E-state index contributed by atoms with van der Waals surface area (Å²) in [6, 6.07) is 22.2. The number of hydrogen-bond acceptors (Lipinski definition) is 3. The Balaban J connectivity index is 1.25. The third-order valence-corrected chi connectivity index (χ3v) is 7.04. The molecule has 180 valence electrons. The van der Waals surface area contributed by atoms with E-state index in [1.165, 1.54) is 10.9 Å². The molecule has 1 aliphatic rings. The van der Waals surface area contributed by atoms with E-state index >= 15 is 0 Å². The van der Waals surface area contributed by atoms with Crippen LogP contribution in [0.2, 0.25) is 0 Å². The highest BCUT2D eigenvalue weighted by Gasteiger charge is 2.27. The van der Waals surface area contributed by atoms with Gasteiger partial charge in [-0.2, -0.15) is 0 Å². The number of carbonyl (C=O) groups is 2. The topological polar surface area (TPSA) is 69.6 Å². The summed E-state index contributed by atoms with van der Waals surface area (Å²) in [4.78, 5) is 28.4. The number of hydrogen-bond donors (Lipinski definition) is 2. The summed E-state index contributed by atoms with van der Waals surface area (Å²) >= 11 is 0. The molecule has 1 aromatic heterocycles. The second kappa shape index (κ2) is 9.33. The maximum atomic E-state index is 12.7. The van der Waals surface area contributed by atoms with Crippen LogP contribution in [-0.4, -0.2) is 47.6 Å². The van der Waals surface area contributed by atoms with Crippen molar-refractivity contribution in [2.75, 3.05) is 35.7 Å². The molecule has 1 aliphatic heterocycles. The Hall–Kier alpha value is -4.00. The molecule has 0 bridgehead atoms. The lowest BCUT2D eigenvalue weighted by Gasteiger charge is -2.24. The maximum Gasteiger partial charge on any atom is 0.323 e. The van der Waals surface area contributed by atoms with Crippen molar-refractivity contribution in [1.29, 1.82) is 0 Å². The fraction of sp³-hybridized carbons (Fsp3) is 0.286. The number of benzene rings is 3. The van der Waals surface area contributed by atoms with Gasteiger partial charge in [0.15, 0.2) is 0 Å². The summed E-state index contributed by atoms with van der Waals surface area (Å²) in [6.45, 7) is 6.37. The first-order chi connectivity index (χ1) is 16.9. The highest BCUT2D eigenvalue weighted by Crippen LogP contribution is 2.31. The molecule has 7 heteroatoms. The van der Waals surface area contributed by atoms with E-state index in [2.05, 4.69) is 51.3 Å². The normalized spacial score (nSPS) is 15.5. The van der Waals surface area contributed by atoms with E-state index in [9.17, 15) is 9.59 Å². The van der Waals surface area contributed by atoms with Crippen LogP contribution in [0.5, 0.6) is 0 Å². The van der Waals surface area contributed by atoms with Gasteiger partial charge in [-0.3, -0.25) is 4.79 Å². The van der Waals surface area contributed by atoms with Crippen molar-refractivity contribution >= 4 is 50.8 Å². The van der Waals surface area contributed by atoms with E-state index in [0.717, 1.165) is 54.0 Å². The summed E-state index contributed by atoms with van der Waals surface area (Å²) in [5, 5.41) is 8.20. The SMILES string of the molecule is CCn1c2ccccc2c2cc(NC(=O)Nc3ccc(N4CCC(N(C)C(C)=O)C4)cc3)ccc21. The van der Waals surface area contributed by atoms with E-state index in [1.807, 2.05) is 54.4 Å². The number of urea groups is 1. The number of para-hydroxylation sites is 1. The molecule has 0 radical (unpaired) electrons. The number of nitrogens with one attached hydrogen (secondary N) is 2. The van der Waals surface area contributed by atoms with Gasteiger partial charge in [0.2, 0.25) is 5.91 Å². The van der Waals surface area contributed by atoms with Crippen molar-refractivity contribution in [2.45, 2.75) is 32.9 Å². The first kappa shape index (κ1) is 22.8. The monoisotopic (exact) mass is 469 g/mol. The van der Waals surface area contributed by atoms with Gasteiger partial charge < -0.3 is 25.0 Å². The minimum Gasteiger partial charge on any atom is -0.369 e. The molecule has 1 atom stereocenters. The van der Waals surface area contributed by atoms with E-state index in [-0.39, 0.29) is 18.0 Å². The summed E-state index contributed by atoms with van der Waals surface area (Å²) in [7, 11) is 1.86. The first-order valence-electron chi connectivity index (χ1n) is 12.1. The minimum atomic E-state index is -0.277. The van der Waals surface area contributed by atoms with E-state index in [4.69, 9.17) is 0 Å². The highest BCUT2D eigenvalue weighted by atomic mass is 16.2. The van der Waals surface area contributed by atoms with E-state index < -0.39 is 0 Å². The number of nitrogens with zero attached hydrogens (tertiary/aromatic N) is 3. The number of likely N-dealkylation sites (N-methyl/N-ethyl adjacent to an activating group) is 1. The van der Waals surface area contributed by atoms with Gasteiger partial charge in [-0.1, -0.05) is 18.2 Å². The number of aromatic nitrogens is 1. The van der Waals surface area contributed by atoms with Gasteiger partial charge in [0, 0.05) is 72.5 Å². The fourth-order valence-corrected chi connectivity index (χ4v) is 5.07. The zero-order chi connectivity index (χ0) is 24.5. The summed E-state index contributed by atoms with van der Waals surface area (Å²) in [5.74, 6) is 0.0951. The lowest BCUT2D eigenvalue weighted by molar-refractivity contribution is -0.129. The van der Waals surface area contributed by atoms with Crippen LogP contribution >= 0.6 is 0 Å². The van der Waals surface area contributed by atoms with Crippen LogP contribution in [0.4, 0.5) is 21.9 Å². The third-order valence-electron chi connectivity index (χ3n) is 7.04. The third kappa shape index (κ3) is 4.41. The second-order valence-corrected chi connectivity index (χ2v) is 9.14. The number of amides is 3. The lowest BCUT2D eigenvalue weighted by Crippen LogP contribution is -2.37. The average Bonchev–Trinajstić information content (AvgIpc) is 3.47. The van der Waals surface area contributed by atoms with Crippen molar-refractivity contribution in [3.8, 4) is 0 Å². The van der Waals surface area contributed by atoms with Crippen LogP contribution in [0.3, 0.4) is 0 Å². The van der Waals surface area contributed by atoms with Crippen LogP contribution < -0.4 is 15.5 Å². The number of aryl methyl sites for hydroxylation is 1. The molecule has 3 amide bonds. The fourth-order valence-electron chi connectivity index (χ4n) is 5.07. The smallest absolute Gasteiger partial charge is 0.323 e. The van der Waals surface area contributed by atoms with Gasteiger partial charge in [0.05, 0.1) is 6.04 Å². The Kier molecular flexibility index (Phi) is 6.07. The number of anilines is 3. The van der Waals surface area contributed by atoms with Crippen LogP contribution in [0.15, 0.2) is 66.7 Å². The molecular formula is C28H31N5O2. The van der Waals surface area contributed by atoms with Crippen molar-refractivity contribution in [2.24, 2.45) is 0 Å². The Morgan fingerprint density at radius 1 is 0.943 bits per heavy atom. The van der Waals surface area contributed by atoms with Crippen molar-refractivity contribution in [3.63, 3.8) is 0 Å². The van der Waals surface area contributed by atoms with Gasteiger partial charge in [-0.25, -0.2) is 4.79 Å². The molecular weight excluding hydrogens is 438 g/mol. The number of carbonyl (C=O) groups excluding carboxylic acids is 2. The van der Waals surface area contributed by atoms with Crippen LogP contribution in [-0.2, 0) is 11.3 Å². The maximum absolute atomic E-state index is 12.7. The molecule has 0 spiro atoms. The zero-order valence-electron chi connectivity index (χ0n) is 20.4. The molecule has 2 N–H and O–H groups in total. The molecule has 2 heterocycles. The largest absolute Gasteiger partial charge is 0.369 e. The van der Waals surface area contributed by atoms with Crippen LogP contribution in [0.1, 0.15) is 20.3 Å². The Morgan fingerprint density at radius 2 is 1.63 bits per heavy atom. The molecule has 1 fully saturated rings. The number of rotatable bonds is 5. The molecule has 4 aromatic rings. The molecule has 35 heavy (non-hydrogen) atoms. The van der Waals surface area contributed by atoms with Crippen molar-refractivity contribution in [3.05, 3.63) is 66.7 Å². The Morgan fingerprint density at radius 3 is 2.37 bits per heavy atom. The van der Waals surface area contributed by atoms with Crippen molar-refractivity contribution in [1.82, 2.24) is 9.47 Å². The average molecular weight is 470 g/mol. The van der Waals surface area contributed by atoms with Gasteiger partial charge in [-0.15, -0.1) is 0 Å². The van der Waals surface area contributed by atoms with Crippen molar-refractivity contribution < 1.29 is 9.59 Å². The van der Waals surface area contributed by atoms with Gasteiger partial charge >= 0.3 is 6.03 Å². The number of fused-ring (bicyclic) bond motifs is 3. The molecule has 0 aliphatic carbocycles. The summed E-state index contributed by atoms with van der Waals surface area (Å²) < 4.78 is 2.29. The quantitative estimate of drug-likeness (QED) is 0.405. The van der Waals surface area contributed by atoms with Crippen LogP contribution in [0, 0.1) is 0 Å². The van der Waals surface area contributed by atoms with E-state index in [1.54, 1.807) is 6.92 Å². The highest BCUT2D eigenvalue weighted by molar-refractivity contribution is 6.10. The molecule has 7 nitrogen and oxygen atoms in total. The molecule has 3 aromatic carbocycles. The molecule has 1 saturated heterocycles. The molecule has 5 rings (SSSR count). The predicted octanol–water partition coefficient (Wildman–Crippen LogP) is 5.52. The Bertz CT molecular complexity index is 1390. The summed E-state index contributed by atoms with van der Waals surface area (Å²) in [6.07, 6.45) is 0.958.